The Morgan fingerprint density at radius 2 is 0.568 bits per heavy atom. The summed E-state index contributed by atoms with van der Waals surface area (Å²) in [6.45, 7) is -0.345. The highest BCUT2D eigenvalue weighted by Gasteiger charge is 2.61. The lowest BCUT2D eigenvalue weighted by Crippen LogP contribution is -2.72. The summed E-state index contributed by atoms with van der Waals surface area (Å²) in [5.74, 6) is -1.89. The zero-order valence-electron chi connectivity index (χ0n) is 51.8. The molecule has 40 atom stereocenters. The van der Waals surface area contributed by atoms with Crippen molar-refractivity contribution in [1.82, 2.24) is 10.6 Å². The summed E-state index contributed by atoms with van der Waals surface area (Å²) in [6, 6.07) is -3.88. The van der Waals surface area contributed by atoms with Crippen LogP contribution in [-0.4, -0.2) is 411 Å². The maximum absolute atomic E-state index is 13.4. The van der Waals surface area contributed by atoms with Crippen molar-refractivity contribution in [2.75, 3.05) is 46.2 Å². The molecule has 8 aliphatic heterocycles. The molecule has 23 N–H and O–H groups in total. The molecule has 2 amide bonds. The van der Waals surface area contributed by atoms with Crippen molar-refractivity contribution in [2.24, 2.45) is 0 Å². The van der Waals surface area contributed by atoms with Crippen LogP contribution in [0, 0.1) is 0 Å². The van der Waals surface area contributed by atoms with Gasteiger partial charge < -0.3 is 194 Å². The number of amides is 2. The topological polar surface area (TPSA) is 631 Å². The summed E-state index contributed by atoms with van der Waals surface area (Å²) >= 11 is 0. The molecule has 0 radical (unpaired) electrons. The van der Waals surface area contributed by atoms with Crippen molar-refractivity contribution >= 4 is 11.8 Å². The van der Waals surface area contributed by atoms with Gasteiger partial charge in [0.2, 0.25) is 11.8 Å². The summed E-state index contributed by atoms with van der Waals surface area (Å²) < 4.78 is 95.1. The first-order chi connectivity index (χ1) is 45.0. The molecule has 0 aromatic heterocycles. The van der Waals surface area contributed by atoms with Crippen LogP contribution in [0.25, 0.3) is 0 Å². The third kappa shape index (κ3) is 16.8. The zero-order chi connectivity index (χ0) is 69.9. The number of nitrogens with one attached hydrogen (secondary N) is 2. The van der Waals surface area contributed by atoms with Crippen LogP contribution in [0.4, 0.5) is 0 Å². The number of hydrogen-bond donors (Lipinski definition) is 23. The fourth-order valence-corrected chi connectivity index (χ4v) is 12.5. The van der Waals surface area contributed by atoms with Crippen molar-refractivity contribution in [3.05, 3.63) is 0 Å². The lowest BCUT2D eigenvalue weighted by atomic mass is 9.93. The van der Waals surface area contributed by atoms with Crippen molar-refractivity contribution < 1.29 is 193 Å². The lowest BCUT2D eigenvalue weighted by molar-refractivity contribution is -0.400. The number of aliphatic hydroxyl groups is 21. The van der Waals surface area contributed by atoms with Crippen LogP contribution in [0.5, 0.6) is 0 Å². The van der Waals surface area contributed by atoms with Gasteiger partial charge in [0.25, 0.3) is 0 Å². The van der Waals surface area contributed by atoms with Gasteiger partial charge >= 0.3 is 0 Å². The SMILES string of the molecule is CCOC1OC(CO)C(OC2OC(CO)C(O)C(OC3OC(CO)C(OC4OC(CO)C(O)C(OC5OC(CO)C(OC6OC(C)C(O)C(O)C6O)C(OC6OC(CO)C(O)C(O)C6O)C5NC(C)=O)C4O)C(OC4OC(C)C(O)C(O)C4O)C3NC(C)=O)C2O)C(O)C1O. The number of carbonyl (C=O) groups is 2. The second-order valence-corrected chi connectivity index (χ2v) is 24.2. The van der Waals surface area contributed by atoms with E-state index in [1.165, 1.54) is 13.8 Å². The van der Waals surface area contributed by atoms with Crippen LogP contribution in [0.2, 0.25) is 0 Å². The predicted molar refractivity (Wildman–Crippen MR) is 294 cm³/mol. The van der Waals surface area contributed by atoms with E-state index in [1.54, 1.807) is 6.92 Å². The van der Waals surface area contributed by atoms with Gasteiger partial charge in [0.15, 0.2) is 50.3 Å². The van der Waals surface area contributed by atoms with E-state index in [0.29, 0.717) is 0 Å². The number of aliphatic hydroxyl groups excluding tert-OH is 21. The molecule has 0 saturated carbocycles. The van der Waals surface area contributed by atoms with Crippen LogP contribution in [0.1, 0.15) is 34.6 Å². The van der Waals surface area contributed by atoms with Gasteiger partial charge in [-0.3, -0.25) is 9.59 Å². The van der Waals surface area contributed by atoms with Crippen LogP contribution in [0.3, 0.4) is 0 Å². The molecule has 41 heteroatoms. The molecule has 8 heterocycles. The molecule has 8 aliphatic rings. The summed E-state index contributed by atoms with van der Waals surface area (Å²) in [5, 5.41) is 236. The highest BCUT2D eigenvalue weighted by atomic mass is 16.8. The first-order valence-corrected chi connectivity index (χ1v) is 30.8. The van der Waals surface area contributed by atoms with E-state index in [-0.39, 0.29) is 6.61 Å². The molecule has 95 heavy (non-hydrogen) atoms. The summed E-state index contributed by atoms with van der Waals surface area (Å²) in [6.07, 6.45) is -73.9. The predicted octanol–water partition coefficient (Wildman–Crippen LogP) is -15.1. The van der Waals surface area contributed by atoms with Gasteiger partial charge in [-0.1, -0.05) is 0 Å². The summed E-state index contributed by atoms with van der Waals surface area (Å²) in [4.78, 5) is 26.6. The van der Waals surface area contributed by atoms with Crippen LogP contribution in [0.15, 0.2) is 0 Å². The number of carbonyl (C=O) groups excluding carboxylic acids is 2. The monoisotopic (exact) mass is 1390 g/mol. The molecular formula is C54H92N2O39. The normalized spacial score (nSPS) is 50.8. The fourth-order valence-electron chi connectivity index (χ4n) is 12.5. The Bertz CT molecular complexity index is 2380. The zero-order valence-corrected chi connectivity index (χ0v) is 51.8. The average Bonchev–Trinajstić information content (AvgIpc) is 0.767. The second kappa shape index (κ2) is 34.0. The summed E-state index contributed by atoms with van der Waals surface area (Å²) in [7, 11) is 0. The highest BCUT2D eigenvalue weighted by Crippen LogP contribution is 2.40. The molecule has 0 spiro atoms. The first-order valence-electron chi connectivity index (χ1n) is 30.8. The summed E-state index contributed by atoms with van der Waals surface area (Å²) in [5.41, 5.74) is 0. The van der Waals surface area contributed by atoms with Gasteiger partial charge in [-0.05, 0) is 20.8 Å². The first kappa shape index (κ1) is 78.2. The molecule has 8 saturated heterocycles. The standard InChI is InChI=1S/C54H92N2O39/c1-6-80-49-37(77)33(73)40(20(10-60)88-49)89-53-38(78)45(28(68)18(8-58)84-53)94-47-23(55-15(4)63)43(92-51-35(75)31(71)26(66)14(3)82-51)42(22(12-62)87-47)91-54-39(79)46(29(69)19(9-59)85-54)95-48-24(56-16(5)64)44(93-52-36(76)32(72)27(67)17(7-57)83-52)41(21(11-61)86-48)90-50-34(74)30(70)25(65)13(2)81-50/h13-14,17-54,57-62,65-79H,6-12H2,1-5H3,(H,55,63)(H,56,64). The number of rotatable bonds is 24. The molecule has 40 unspecified atom stereocenters. The molecule has 8 fully saturated rings. The molecule has 0 bridgehead atoms. The third-order valence-corrected chi connectivity index (χ3v) is 17.7. The number of hydrogen-bond acceptors (Lipinski definition) is 39. The van der Waals surface area contributed by atoms with Crippen molar-refractivity contribution in [3.63, 3.8) is 0 Å². The smallest absolute Gasteiger partial charge is 0.217 e. The molecule has 8 rings (SSSR count). The largest absolute Gasteiger partial charge is 0.394 e. The van der Waals surface area contributed by atoms with E-state index in [4.69, 9.17) is 75.8 Å². The minimum atomic E-state index is -2.42. The van der Waals surface area contributed by atoms with E-state index in [2.05, 4.69) is 10.6 Å². The minimum Gasteiger partial charge on any atom is -0.394 e. The van der Waals surface area contributed by atoms with Crippen molar-refractivity contribution in [1.29, 1.82) is 0 Å². The second-order valence-electron chi connectivity index (χ2n) is 24.2. The van der Waals surface area contributed by atoms with Crippen LogP contribution in [-0.2, 0) is 85.4 Å². The van der Waals surface area contributed by atoms with E-state index < -0.39 is 297 Å². The van der Waals surface area contributed by atoms with Gasteiger partial charge in [-0.2, -0.15) is 0 Å². The molecule has 0 aliphatic carbocycles. The van der Waals surface area contributed by atoms with Crippen molar-refractivity contribution in [2.45, 2.75) is 280 Å². The molecule has 0 aromatic rings. The maximum Gasteiger partial charge on any atom is 0.217 e. The van der Waals surface area contributed by atoms with E-state index >= 15 is 0 Å². The Labute approximate surface area is 540 Å². The van der Waals surface area contributed by atoms with E-state index in [0.717, 1.165) is 13.8 Å². The van der Waals surface area contributed by atoms with Crippen LogP contribution < -0.4 is 10.6 Å². The average molecular weight is 1390 g/mol. The Morgan fingerprint density at radius 1 is 0.295 bits per heavy atom. The Morgan fingerprint density at radius 3 is 0.926 bits per heavy atom. The minimum absolute atomic E-state index is 0.00658. The molecule has 41 nitrogen and oxygen atoms in total. The van der Waals surface area contributed by atoms with E-state index in [9.17, 15) is 117 Å². The van der Waals surface area contributed by atoms with Gasteiger partial charge in [-0.25, -0.2) is 0 Å². The van der Waals surface area contributed by atoms with Gasteiger partial charge in [0.05, 0.1) is 51.8 Å². The Kier molecular flexibility index (Phi) is 27.9. The molecule has 0 aromatic carbocycles. The third-order valence-electron chi connectivity index (χ3n) is 17.7. The molecular weight excluding hydrogens is 1300 g/mol. The number of ether oxygens (including phenoxy) is 16. The maximum atomic E-state index is 13.4. The lowest BCUT2D eigenvalue weighted by Gasteiger charge is -2.52. The quantitative estimate of drug-likeness (QED) is 0.0427. The molecule has 552 valence electrons. The van der Waals surface area contributed by atoms with Crippen molar-refractivity contribution in [3.8, 4) is 0 Å². The Hall–Kier alpha value is -2.54. The van der Waals surface area contributed by atoms with Gasteiger partial charge in [0, 0.05) is 20.5 Å². The van der Waals surface area contributed by atoms with Crippen LogP contribution >= 0.6 is 0 Å². The highest BCUT2D eigenvalue weighted by molar-refractivity contribution is 5.73. The van der Waals surface area contributed by atoms with Gasteiger partial charge in [-0.15, -0.1) is 0 Å². The fraction of sp³-hybridized carbons (Fsp3) is 0.963. The van der Waals surface area contributed by atoms with E-state index in [1.807, 2.05) is 0 Å². The Balaban J connectivity index is 1.13. The van der Waals surface area contributed by atoms with Gasteiger partial charge in [0.1, 0.15) is 183 Å².